The molecule has 0 unspecified atom stereocenters. The van der Waals surface area contributed by atoms with Crippen LogP contribution in [0.5, 0.6) is 0 Å². The number of para-hydroxylation sites is 1. The van der Waals surface area contributed by atoms with Gasteiger partial charge >= 0.3 is 0 Å². The summed E-state index contributed by atoms with van der Waals surface area (Å²) in [6, 6.07) is 9.34. The van der Waals surface area contributed by atoms with Crippen LogP contribution < -0.4 is 10.6 Å². The van der Waals surface area contributed by atoms with Gasteiger partial charge in [-0.25, -0.2) is 4.68 Å². The van der Waals surface area contributed by atoms with E-state index in [9.17, 15) is 0 Å². The molecule has 1 heterocycles. The van der Waals surface area contributed by atoms with Crippen molar-refractivity contribution in [1.29, 1.82) is 0 Å². The van der Waals surface area contributed by atoms with E-state index in [2.05, 4.69) is 5.10 Å². The molecule has 0 atom stereocenters. The molecule has 4 nitrogen and oxygen atoms in total. The zero-order valence-electron chi connectivity index (χ0n) is 9.18. The molecule has 0 amide bonds. The minimum Gasteiger partial charge on any atom is -0.382 e. The number of anilines is 2. The Balaban J connectivity index is 2.60. The maximum atomic E-state index is 6.12. The summed E-state index contributed by atoms with van der Waals surface area (Å²) in [5.74, 6) is 1.37. The molecule has 1 aromatic carbocycles. The zero-order chi connectivity index (χ0) is 11.7. The molecular formula is C11H13ClN4. The topological polar surface area (TPSA) is 47.1 Å². The Morgan fingerprint density at radius 2 is 2.00 bits per heavy atom. The number of nitrogens with two attached hydrogens (primary N) is 1. The fourth-order valence-corrected chi connectivity index (χ4v) is 1.72. The van der Waals surface area contributed by atoms with E-state index < -0.39 is 0 Å². The second-order valence-corrected chi connectivity index (χ2v) is 4.09. The Hall–Kier alpha value is -1.68. The third kappa shape index (κ3) is 1.84. The van der Waals surface area contributed by atoms with Crippen molar-refractivity contribution in [3.8, 4) is 5.69 Å². The summed E-state index contributed by atoms with van der Waals surface area (Å²) >= 11 is 6.12. The van der Waals surface area contributed by atoms with Gasteiger partial charge in [0, 0.05) is 20.2 Å². The number of benzene rings is 1. The molecule has 0 aliphatic carbocycles. The second-order valence-electron chi connectivity index (χ2n) is 3.69. The number of hydrogen-bond acceptors (Lipinski definition) is 3. The predicted octanol–water partition coefficient (Wildman–Crippen LogP) is 2.17. The minimum atomic E-state index is 0.476. The molecule has 0 spiro atoms. The molecule has 0 aliphatic rings. The van der Waals surface area contributed by atoms with Crippen LogP contribution in [0.1, 0.15) is 0 Å². The van der Waals surface area contributed by atoms with Crippen molar-refractivity contribution in [1.82, 2.24) is 9.78 Å². The highest BCUT2D eigenvalue weighted by molar-refractivity contribution is 6.32. The predicted molar refractivity (Wildman–Crippen MR) is 67.3 cm³/mol. The van der Waals surface area contributed by atoms with Crippen molar-refractivity contribution >= 4 is 23.2 Å². The van der Waals surface area contributed by atoms with Gasteiger partial charge in [-0.1, -0.05) is 23.7 Å². The van der Waals surface area contributed by atoms with Crippen molar-refractivity contribution in [2.45, 2.75) is 0 Å². The minimum absolute atomic E-state index is 0.476. The van der Waals surface area contributed by atoms with Crippen molar-refractivity contribution in [3.05, 3.63) is 35.4 Å². The van der Waals surface area contributed by atoms with Crippen LogP contribution in [0.3, 0.4) is 0 Å². The Morgan fingerprint density at radius 1 is 1.31 bits per heavy atom. The lowest BCUT2D eigenvalue weighted by Gasteiger charge is -2.14. The van der Waals surface area contributed by atoms with Gasteiger partial charge in [0.2, 0.25) is 0 Å². The third-order valence-corrected chi connectivity index (χ3v) is 2.57. The summed E-state index contributed by atoms with van der Waals surface area (Å²) in [5.41, 5.74) is 6.53. The van der Waals surface area contributed by atoms with Crippen molar-refractivity contribution in [3.63, 3.8) is 0 Å². The lowest BCUT2D eigenvalue weighted by molar-refractivity contribution is 0.858. The molecule has 0 bridgehead atoms. The van der Waals surface area contributed by atoms with E-state index in [1.165, 1.54) is 0 Å². The summed E-state index contributed by atoms with van der Waals surface area (Å²) < 4.78 is 1.73. The molecule has 84 valence electrons. The molecule has 2 N–H and O–H groups in total. The molecule has 0 aliphatic heterocycles. The monoisotopic (exact) mass is 236 g/mol. The van der Waals surface area contributed by atoms with E-state index in [-0.39, 0.29) is 0 Å². The molecule has 5 heteroatoms. The number of halogens is 1. The van der Waals surface area contributed by atoms with Crippen LogP contribution in [0, 0.1) is 0 Å². The largest absolute Gasteiger partial charge is 0.382 e. The standard InChI is InChI=1S/C11H13ClN4/c1-15(2)11-7-10(13)14-16(11)9-6-4-3-5-8(9)12/h3-7H,1-2H3,(H2,13,14). The lowest BCUT2D eigenvalue weighted by Crippen LogP contribution is -2.14. The van der Waals surface area contributed by atoms with Crippen molar-refractivity contribution in [2.75, 3.05) is 24.7 Å². The highest BCUT2D eigenvalue weighted by Gasteiger charge is 2.11. The Labute approximate surface area is 99.2 Å². The first kappa shape index (κ1) is 10.8. The van der Waals surface area contributed by atoms with Gasteiger partial charge in [-0.15, -0.1) is 5.10 Å². The Morgan fingerprint density at radius 3 is 2.62 bits per heavy atom. The molecular weight excluding hydrogens is 224 g/mol. The van der Waals surface area contributed by atoms with Crippen LogP contribution in [-0.4, -0.2) is 23.9 Å². The molecule has 0 saturated heterocycles. The van der Waals surface area contributed by atoms with Gasteiger partial charge in [0.15, 0.2) is 0 Å². The van der Waals surface area contributed by atoms with Gasteiger partial charge in [-0.05, 0) is 12.1 Å². The highest BCUT2D eigenvalue weighted by Crippen LogP contribution is 2.25. The molecule has 16 heavy (non-hydrogen) atoms. The van der Waals surface area contributed by atoms with Gasteiger partial charge < -0.3 is 10.6 Å². The Bertz CT molecular complexity index is 504. The molecule has 2 rings (SSSR count). The van der Waals surface area contributed by atoms with Crippen molar-refractivity contribution < 1.29 is 0 Å². The fraction of sp³-hybridized carbons (Fsp3) is 0.182. The van der Waals surface area contributed by atoms with E-state index >= 15 is 0 Å². The van der Waals surface area contributed by atoms with E-state index in [0.29, 0.717) is 10.8 Å². The zero-order valence-corrected chi connectivity index (χ0v) is 9.94. The highest BCUT2D eigenvalue weighted by atomic mass is 35.5. The van der Waals surface area contributed by atoms with Gasteiger partial charge in [-0.2, -0.15) is 0 Å². The first-order chi connectivity index (χ1) is 7.59. The average molecular weight is 237 g/mol. The second kappa shape index (κ2) is 4.06. The van der Waals surface area contributed by atoms with Crippen LogP contribution in [0.15, 0.2) is 30.3 Å². The summed E-state index contributed by atoms with van der Waals surface area (Å²) in [5, 5.41) is 4.88. The summed E-state index contributed by atoms with van der Waals surface area (Å²) in [6.45, 7) is 0. The number of nitrogens with zero attached hydrogens (tertiary/aromatic N) is 3. The van der Waals surface area contributed by atoms with Crippen LogP contribution in [0.2, 0.25) is 5.02 Å². The smallest absolute Gasteiger partial charge is 0.148 e. The van der Waals surface area contributed by atoms with Crippen LogP contribution in [0.25, 0.3) is 5.69 Å². The van der Waals surface area contributed by atoms with Gasteiger partial charge in [-0.3, -0.25) is 0 Å². The number of aromatic nitrogens is 2. The summed E-state index contributed by atoms with van der Waals surface area (Å²) in [4.78, 5) is 1.94. The van der Waals surface area contributed by atoms with Crippen LogP contribution in [-0.2, 0) is 0 Å². The van der Waals surface area contributed by atoms with Crippen molar-refractivity contribution in [2.24, 2.45) is 0 Å². The first-order valence-electron chi connectivity index (χ1n) is 4.87. The molecule has 2 aromatic rings. The van der Waals surface area contributed by atoms with E-state index in [4.69, 9.17) is 17.3 Å². The number of hydrogen-bond donors (Lipinski definition) is 1. The van der Waals surface area contributed by atoms with E-state index in [0.717, 1.165) is 11.5 Å². The lowest BCUT2D eigenvalue weighted by atomic mass is 10.3. The normalized spacial score (nSPS) is 10.4. The number of nitrogen functional groups attached to an aromatic ring is 1. The molecule has 0 saturated carbocycles. The van der Waals surface area contributed by atoms with E-state index in [1.807, 2.05) is 49.3 Å². The third-order valence-electron chi connectivity index (χ3n) is 2.25. The maximum absolute atomic E-state index is 6.12. The molecule has 0 fully saturated rings. The summed E-state index contributed by atoms with van der Waals surface area (Å²) in [6.07, 6.45) is 0. The SMILES string of the molecule is CN(C)c1cc(N)nn1-c1ccccc1Cl. The summed E-state index contributed by atoms with van der Waals surface area (Å²) in [7, 11) is 3.87. The molecule has 1 aromatic heterocycles. The van der Waals surface area contributed by atoms with Gasteiger partial charge in [0.1, 0.15) is 11.6 Å². The van der Waals surface area contributed by atoms with E-state index in [1.54, 1.807) is 4.68 Å². The Kier molecular flexibility index (Phi) is 2.75. The fourth-order valence-electron chi connectivity index (χ4n) is 1.51. The maximum Gasteiger partial charge on any atom is 0.148 e. The van der Waals surface area contributed by atoms with Crippen LogP contribution >= 0.6 is 11.6 Å². The number of rotatable bonds is 2. The first-order valence-corrected chi connectivity index (χ1v) is 5.25. The average Bonchev–Trinajstić information content (AvgIpc) is 2.61. The van der Waals surface area contributed by atoms with Crippen LogP contribution in [0.4, 0.5) is 11.6 Å². The molecule has 0 radical (unpaired) electrons. The quantitative estimate of drug-likeness (QED) is 0.870. The van der Waals surface area contributed by atoms with Gasteiger partial charge in [0.25, 0.3) is 0 Å². The van der Waals surface area contributed by atoms with Gasteiger partial charge in [0.05, 0.1) is 10.7 Å².